The molecular formula is C10H17NO2. The van der Waals surface area contributed by atoms with Gasteiger partial charge in [0, 0.05) is 12.5 Å². The summed E-state index contributed by atoms with van der Waals surface area (Å²) in [6.45, 7) is 3.68. The van der Waals surface area contributed by atoms with E-state index < -0.39 is 0 Å². The first-order valence-electron chi connectivity index (χ1n) is 5.15. The van der Waals surface area contributed by atoms with Crippen molar-refractivity contribution in [2.24, 2.45) is 11.8 Å². The summed E-state index contributed by atoms with van der Waals surface area (Å²) in [6.07, 6.45) is 3.22. The number of hydrogen-bond acceptors (Lipinski definition) is 2. The smallest absolute Gasteiger partial charge is 0.223 e. The normalized spacial score (nSPS) is 38.4. The molecule has 1 N–H and O–H groups in total. The Hall–Kier alpha value is -0.570. The quantitative estimate of drug-likeness (QED) is 0.692. The molecule has 0 spiro atoms. The Bertz CT molecular complexity index is 199. The molecule has 1 saturated carbocycles. The van der Waals surface area contributed by atoms with Gasteiger partial charge in [0.15, 0.2) is 0 Å². The average Bonchev–Trinajstić information content (AvgIpc) is 2.84. The van der Waals surface area contributed by atoms with Gasteiger partial charge in [-0.05, 0) is 25.2 Å². The van der Waals surface area contributed by atoms with Crippen molar-refractivity contribution in [2.45, 2.75) is 32.2 Å². The minimum Gasteiger partial charge on any atom is -0.379 e. The highest BCUT2D eigenvalue weighted by molar-refractivity contribution is 5.81. The number of carbonyl (C=O) groups excluding carboxylic acids is 1. The molecule has 2 rings (SSSR count). The largest absolute Gasteiger partial charge is 0.379 e. The summed E-state index contributed by atoms with van der Waals surface area (Å²) in [7, 11) is 0. The second-order valence-electron chi connectivity index (χ2n) is 4.24. The zero-order chi connectivity index (χ0) is 9.26. The van der Waals surface area contributed by atoms with Crippen LogP contribution < -0.4 is 5.32 Å². The summed E-state index contributed by atoms with van der Waals surface area (Å²) in [4.78, 5) is 11.5. The van der Waals surface area contributed by atoms with Crippen LogP contribution in [0.4, 0.5) is 0 Å². The van der Waals surface area contributed by atoms with Gasteiger partial charge in [-0.1, -0.05) is 6.92 Å². The summed E-state index contributed by atoms with van der Waals surface area (Å²) in [5, 5.41) is 3.05. The zero-order valence-corrected chi connectivity index (χ0v) is 8.08. The van der Waals surface area contributed by atoms with Crippen LogP contribution in [0, 0.1) is 11.8 Å². The Kier molecular flexibility index (Phi) is 2.54. The molecule has 1 saturated heterocycles. The molecule has 1 amide bonds. The first kappa shape index (κ1) is 9.00. The van der Waals surface area contributed by atoms with Gasteiger partial charge in [0.05, 0.1) is 12.6 Å². The lowest BCUT2D eigenvalue weighted by atomic mass is 10.1. The Morgan fingerprint density at radius 1 is 1.54 bits per heavy atom. The van der Waals surface area contributed by atoms with Crippen LogP contribution in [0.25, 0.3) is 0 Å². The van der Waals surface area contributed by atoms with Crippen molar-refractivity contribution in [3.63, 3.8) is 0 Å². The predicted molar refractivity (Wildman–Crippen MR) is 49.3 cm³/mol. The van der Waals surface area contributed by atoms with Gasteiger partial charge in [0.1, 0.15) is 0 Å². The van der Waals surface area contributed by atoms with Crippen LogP contribution in [0.5, 0.6) is 0 Å². The minimum absolute atomic E-state index is 0.239. The fraction of sp³-hybridized carbons (Fsp3) is 0.900. The van der Waals surface area contributed by atoms with Crippen LogP contribution in [0.1, 0.15) is 26.2 Å². The summed E-state index contributed by atoms with van der Waals surface area (Å²) < 4.78 is 5.30. The van der Waals surface area contributed by atoms with Crippen LogP contribution >= 0.6 is 0 Å². The van der Waals surface area contributed by atoms with Gasteiger partial charge in [0.25, 0.3) is 0 Å². The number of ether oxygens (including phenoxy) is 1. The summed E-state index contributed by atoms with van der Waals surface area (Å²) in [6, 6.07) is 0.272. The lowest BCUT2D eigenvalue weighted by molar-refractivity contribution is -0.124. The average molecular weight is 183 g/mol. The van der Waals surface area contributed by atoms with Crippen molar-refractivity contribution in [2.75, 3.05) is 13.2 Å². The van der Waals surface area contributed by atoms with Gasteiger partial charge in [-0.3, -0.25) is 4.79 Å². The molecular weight excluding hydrogens is 166 g/mol. The number of hydrogen-bond donors (Lipinski definition) is 1. The van der Waals surface area contributed by atoms with Crippen LogP contribution in [-0.4, -0.2) is 25.2 Å². The van der Waals surface area contributed by atoms with Crippen molar-refractivity contribution in [3.05, 3.63) is 0 Å². The summed E-state index contributed by atoms with van der Waals surface area (Å²) in [5.41, 5.74) is 0. The molecule has 1 aliphatic carbocycles. The third-order valence-electron chi connectivity index (χ3n) is 2.95. The van der Waals surface area contributed by atoms with E-state index in [2.05, 4.69) is 12.2 Å². The zero-order valence-electron chi connectivity index (χ0n) is 8.08. The lowest BCUT2D eigenvalue weighted by Gasteiger charge is -2.23. The first-order chi connectivity index (χ1) is 6.27. The Labute approximate surface area is 78.8 Å². The number of nitrogens with one attached hydrogen (secondary N) is 1. The van der Waals surface area contributed by atoms with E-state index >= 15 is 0 Å². The van der Waals surface area contributed by atoms with Crippen LogP contribution in [0.3, 0.4) is 0 Å². The second-order valence-corrected chi connectivity index (χ2v) is 4.24. The SMILES string of the molecule is C[C@H]1C[C@@H]1C(=O)N[C@H]1CCCOC1. The number of amides is 1. The fourth-order valence-corrected chi connectivity index (χ4v) is 1.85. The Morgan fingerprint density at radius 2 is 2.31 bits per heavy atom. The maximum atomic E-state index is 11.5. The molecule has 74 valence electrons. The first-order valence-corrected chi connectivity index (χ1v) is 5.15. The molecule has 3 heteroatoms. The van der Waals surface area contributed by atoms with E-state index in [0.29, 0.717) is 18.4 Å². The van der Waals surface area contributed by atoms with Crippen molar-refractivity contribution in [1.82, 2.24) is 5.32 Å². The molecule has 0 radical (unpaired) electrons. The van der Waals surface area contributed by atoms with Gasteiger partial charge >= 0.3 is 0 Å². The minimum atomic E-state index is 0.239. The summed E-state index contributed by atoms with van der Waals surface area (Å²) >= 11 is 0. The standard InChI is InChI=1S/C10H17NO2/c1-7-5-9(7)10(12)11-8-3-2-4-13-6-8/h7-9H,2-6H2,1H3,(H,11,12)/t7-,8-,9-/m0/s1. The summed E-state index contributed by atoms with van der Waals surface area (Å²) in [5.74, 6) is 1.13. The van der Waals surface area contributed by atoms with Gasteiger partial charge in [-0.2, -0.15) is 0 Å². The molecule has 3 nitrogen and oxygen atoms in total. The molecule has 0 aromatic heterocycles. The van der Waals surface area contributed by atoms with Crippen LogP contribution in [-0.2, 0) is 9.53 Å². The highest BCUT2D eigenvalue weighted by atomic mass is 16.5. The predicted octanol–water partition coefficient (Wildman–Crippen LogP) is 0.938. The fourth-order valence-electron chi connectivity index (χ4n) is 1.85. The highest BCUT2D eigenvalue weighted by Crippen LogP contribution is 2.37. The molecule has 0 unspecified atom stereocenters. The maximum Gasteiger partial charge on any atom is 0.223 e. The van der Waals surface area contributed by atoms with Crippen LogP contribution in [0.2, 0.25) is 0 Å². The van der Waals surface area contributed by atoms with Gasteiger partial charge in [-0.25, -0.2) is 0 Å². The van der Waals surface area contributed by atoms with E-state index in [1.807, 2.05) is 0 Å². The number of carbonyl (C=O) groups is 1. The van der Waals surface area contributed by atoms with Gasteiger partial charge in [0.2, 0.25) is 5.91 Å². The monoisotopic (exact) mass is 183 g/mol. The molecule has 0 aromatic carbocycles. The third-order valence-corrected chi connectivity index (χ3v) is 2.95. The Balaban J connectivity index is 1.73. The highest BCUT2D eigenvalue weighted by Gasteiger charge is 2.39. The molecule has 0 aromatic rings. The lowest BCUT2D eigenvalue weighted by Crippen LogP contribution is -2.41. The molecule has 1 heterocycles. The van der Waals surface area contributed by atoms with E-state index in [0.717, 1.165) is 25.9 Å². The van der Waals surface area contributed by atoms with E-state index in [-0.39, 0.29) is 11.9 Å². The molecule has 2 aliphatic rings. The van der Waals surface area contributed by atoms with E-state index in [9.17, 15) is 4.79 Å². The Morgan fingerprint density at radius 3 is 2.85 bits per heavy atom. The molecule has 13 heavy (non-hydrogen) atoms. The molecule has 0 bridgehead atoms. The van der Waals surface area contributed by atoms with Crippen molar-refractivity contribution in [3.8, 4) is 0 Å². The maximum absolute atomic E-state index is 11.5. The number of rotatable bonds is 2. The molecule has 1 aliphatic heterocycles. The van der Waals surface area contributed by atoms with Crippen molar-refractivity contribution < 1.29 is 9.53 Å². The van der Waals surface area contributed by atoms with E-state index in [1.54, 1.807) is 0 Å². The topological polar surface area (TPSA) is 38.3 Å². The van der Waals surface area contributed by atoms with Crippen molar-refractivity contribution >= 4 is 5.91 Å². The molecule has 2 fully saturated rings. The second kappa shape index (κ2) is 3.66. The van der Waals surface area contributed by atoms with Gasteiger partial charge in [-0.15, -0.1) is 0 Å². The van der Waals surface area contributed by atoms with Gasteiger partial charge < -0.3 is 10.1 Å². The molecule has 3 atom stereocenters. The van der Waals surface area contributed by atoms with Crippen LogP contribution in [0.15, 0.2) is 0 Å². The van der Waals surface area contributed by atoms with E-state index in [4.69, 9.17) is 4.74 Å². The third kappa shape index (κ3) is 2.21. The van der Waals surface area contributed by atoms with E-state index in [1.165, 1.54) is 0 Å². The van der Waals surface area contributed by atoms with Crippen molar-refractivity contribution in [1.29, 1.82) is 0 Å².